The summed E-state index contributed by atoms with van der Waals surface area (Å²) in [7, 11) is 1.99. The predicted octanol–water partition coefficient (Wildman–Crippen LogP) is 2.53. The third-order valence-electron chi connectivity index (χ3n) is 3.94. The third-order valence-corrected chi connectivity index (χ3v) is 3.94. The molecule has 1 aliphatic rings. The lowest BCUT2D eigenvalue weighted by Gasteiger charge is -2.30. The summed E-state index contributed by atoms with van der Waals surface area (Å²) in [6, 6.07) is 9.24. The second-order valence-corrected chi connectivity index (χ2v) is 6.53. The molecule has 0 aromatic heterocycles. The SMILES string of the molecule is CNC(Cc1ccc(C(C)(C)C)cc1)C1COCCO1. The fourth-order valence-electron chi connectivity index (χ4n) is 2.55. The molecule has 1 fully saturated rings. The first-order valence-corrected chi connectivity index (χ1v) is 7.47. The first kappa shape index (κ1) is 15.5. The van der Waals surface area contributed by atoms with E-state index in [0.29, 0.717) is 25.9 Å². The summed E-state index contributed by atoms with van der Waals surface area (Å²) in [5.74, 6) is 0. The van der Waals surface area contributed by atoms with Gasteiger partial charge in [0.05, 0.1) is 25.9 Å². The van der Waals surface area contributed by atoms with Gasteiger partial charge in [-0.05, 0) is 30.0 Å². The molecule has 112 valence electrons. The number of nitrogens with one attached hydrogen (secondary N) is 1. The Bertz CT molecular complexity index is 402. The molecule has 0 aliphatic carbocycles. The quantitative estimate of drug-likeness (QED) is 0.917. The summed E-state index contributed by atoms with van der Waals surface area (Å²) >= 11 is 0. The lowest BCUT2D eigenvalue weighted by Crippen LogP contribution is -2.46. The largest absolute Gasteiger partial charge is 0.376 e. The Kier molecular flexibility index (Phi) is 5.19. The molecule has 20 heavy (non-hydrogen) atoms. The zero-order chi connectivity index (χ0) is 14.6. The van der Waals surface area contributed by atoms with Crippen molar-refractivity contribution in [1.82, 2.24) is 5.32 Å². The molecule has 0 bridgehead atoms. The van der Waals surface area contributed by atoms with Crippen LogP contribution in [0.25, 0.3) is 0 Å². The van der Waals surface area contributed by atoms with Gasteiger partial charge >= 0.3 is 0 Å². The zero-order valence-corrected chi connectivity index (χ0v) is 13.1. The van der Waals surface area contributed by atoms with E-state index in [1.54, 1.807) is 0 Å². The molecule has 1 aromatic carbocycles. The average molecular weight is 277 g/mol. The first-order valence-electron chi connectivity index (χ1n) is 7.47. The van der Waals surface area contributed by atoms with E-state index in [4.69, 9.17) is 9.47 Å². The number of ether oxygens (including phenoxy) is 2. The molecule has 1 aliphatic heterocycles. The molecule has 2 atom stereocenters. The van der Waals surface area contributed by atoms with E-state index in [1.807, 2.05) is 7.05 Å². The average Bonchev–Trinajstić information content (AvgIpc) is 2.45. The van der Waals surface area contributed by atoms with Crippen molar-refractivity contribution in [1.29, 1.82) is 0 Å². The Hall–Kier alpha value is -0.900. The molecular weight excluding hydrogens is 250 g/mol. The van der Waals surface area contributed by atoms with Gasteiger partial charge in [-0.15, -0.1) is 0 Å². The molecule has 3 nitrogen and oxygen atoms in total. The number of likely N-dealkylation sites (N-methyl/N-ethyl adjacent to an activating group) is 1. The number of hydrogen-bond donors (Lipinski definition) is 1. The lowest BCUT2D eigenvalue weighted by atomic mass is 9.86. The van der Waals surface area contributed by atoms with Crippen molar-refractivity contribution < 1.29 is 9.47 Å². The molecular formula is C17H27NO2. The summed E-state index contributed by atoms with van der Waals surface area (Å²) in [5.41, 5.74) is 2.92. The maximum absolute atomic E-state index is 5.79. The van der Waals surface area contributed by atoms with Crippen LogP contribution < -0.4 is 5.32 Å². The van der Waals surface area contributed by atoms with Gasteiger partial charge in [-0.1, -0.05) is 45.0 Å². The molecule has 3 heteroatoms. The van der Waals surface area contributed by atoms with Gasteiger partial charge in [0.1, 0.15) is 0 Å². The fourth-order valence-corrected chi connectivity index (χ4v) is 2.55. The lowest BCUT2D eigenvalue weighted by molar-refractivity contribution is -0.100. The molecule has 2 unspecified atom stereocenters. The summed E-state index contributed by atoms with van der Waals surface area (Å²) < 4.78 is 11.3. The summed E-state index contributed by atoms with van der Waals surface area (Å²) in [4.78, 5) is 0. The highest BCUT2D eigenvalue weighted by atomic mass is 16.6. The molecule has 1 saturated heterocycles. The van der Waals surface area contributed by atoms with Crippen molar-refractivity contribution in [3.8, 4) is 0 Å². The van der Waals surface area contributed by atoms with Gasteiger partial charge in [0, 0.05) is 6.04 Å². The Morgan fingerprint density at radius 1 is 1.20 bits per heavy atom. The summed E-state index contributed by atoms with van der Waals surface area (Å²) in [5, 5.41) is 3.36. The number of rotatable bonds is 4. The van der Waals surface area contributed by atoms with Crippen LogP contribution in [-0.2, 0) is 21.3 Å². The third kappa shape index (κ3) is 4.05. The van der Waals surface area contributed by atoms with Crippen LogP contribution in [-0.4, -0.2) is 39.0 Å². The molecule has 0 saturated carbocycles. The highest BCUT2D eigenvalue weighted by Gasteiger charge is 2.24. The van der Waals surface area contributed by atoms with Crippen LogP contribution in [0.15, 0.2) is 24.3 Å². The van der Waals surface area contributed by atoms with Crippen LogP contribution in [0.3, 0.4) is 0 Å². The molecule has 1 aromatic rings. The predicted molar refractivity (Wildman–Crippen MR) is 82.3 cm³/mol. The normalized spacial score (nSPS) is 21.7. The molecule has 1 N–H and O–H groups in total. The number of benzene rings is 1. The van der Waals surface area contributed by atoms with Crippen molar-refractivity contribution in [3.63, 3.8) is 0 Å². The van der Waals surface area contributed by atoms with Crippen LogP contribution in [0.2, 0.25) is 0 Å². The van der Waals surface area contributed by atoms with Gasteiger partial charge in [0.15, 0.2) is 0 Å². The Morgan fingerprint density at radius 2 is 1.90 bits per heavy atom. The Labute approximate surface area is 122 Å². The van der Waals surface area contributed by atoms with Gasteiger partial charge in [-0.3, -0.25) is 0 Å². The van der Waals surface area contributed by atoms with Gasteiger partial charge in [0.2, 0.25) is 0 Å². The Morgan fingerprint density at radius 3 is 2.40 bits per heavy atom. The fraction of sp³-hybridized carbons (Fsp3) is 0.647. The second-order valence-electron chi connectivity index (χ2n) is 6.53. The van der Waals surface area contributed by atoms with E-state index in [2.05, 4.69) is 50.4 Å². The zero-order valence-electron chi connectivity index (χ0n) is 13.1. The van der Waals surface area contributed by atoms with Crippen LogP contribution >= 0.6 is 0 Å². The van der Waals surface area contributed by atoms with Crippen molar-refractivity contribution in [2.75, 3.05) is 26.9 Å². The standard InChI is InChI=1S/C17H27NO2/c1-17(2,3)14-7-5-13(6-8-14)11-15(18-4)16-12-19-9-10-20-16/h5-8,15-16,18H,9-12H2,1-4H3. The smallest absolute Gasteiger partial charge is 0.0965 e. The van der Waals surface area contributed by atoms with Crippen molar-refractivity contribution in [2.45, 2.75) is 44.8 Å². The molecule has 1 heterocycles. The van der Waals surface area contributed by atoms with Crippen molar-refractivity contribution in [2.24, 2.45) is 0 Å². The van der Waals surface area contributed by atoms with E-state index in [0.717, 1.165) is 6.42 Å². The van der Waals surface area contributed by atoms with Gasteiger partial charge in [-0.25, -0.2) is 0 Å². The van der Waals surface area contributed by atoms with Crippen molar-refractivity contribution in [3.05, 3.63) is 35.4 Å². The highest BCUT2D eigenvalue weighted by molar-refractivity contribution is 5.28. The second kappa shape index (κ2) is 6.70. The highest BCUT2D eigenvalue weighted by Crippen LogP contribution is 2.22. The van der Waals surface area contributed by atoms with E-state index in [9.17, 15) is 0 Å². The van der Waals surface area contributed by atoms with Crippen LogP contribution in [0.4, 0.5) is 0 Å². The van der Waals surface area contributed by atoms with Crippen LogP contribution in [0.5, 0.6) is 0 Å². The van der Waals surface area contributed by atoms with Crippen molar-refractivity contribution >= 4 is 0 Å². The van der Waals surface area contributed by atoms with Crippen LogP contribution in [0.1, 0.15) is 31.9 Å². The topological polar surface area (TPSA) is 30.5 Å². The van der Waals surface area contributed by atoms with Crippen LogP contribution in [0, 0.1) is 0 Å². The van der Waals surface area contributed by atoms with Gasteiger partial charge in [-0.2, -0.15) is 0 Å². The maximum Gasteiger partial charge on any atom is 0.0965 e. The number of hydrogen-bond acceptors (Lipinski definition) is 3. The van der Waals surface area contributed by atoms with E-state index < -0.39 is 0 Å². The summed E-state index contributed by atoms with van der Waals surface area (Å²) in [6.45, 7) is 8.83. The molecule has 0 radical (unpaired) electrons. The van der Waals surface area contributed by atoms with E-state index in [-0.39, 0.29) is 11.5 Å². The first-order chi connectivity index (χ1) is 9.50. The molecule has 0 spiro atoms. The van der Waals surface area contributed by atoms with Gasteiger partial charge in [0.25, 0.3) is 0 Å². The minimum absolute atomic E-state index is 0.149. The minimum Gasteiger partial charge on any atom is -0.376 e. The summed E-state index contributed by atoms with van der Waals surface area (Å²) in [6.07, 6.45) is 1.12. The Balaban J connectivity index is 2.00. The van der Waals surface area contributed by atoms with E-state index in [1.165, 1.54) is 11.1 Å². The molecule has 2 rings (SSSR count). The van der Waals surface area contributed by atoms with Gasteiger partial charge < -0.3 is 14.8 Å². The molecule has 0 amide bonds. The maximum atomic E-state index is 5.79. The van der Waals surface area contributed by atoms with E-state index >= 15 is 0 Å². The minimum atomic E-state index is 0.149. The monoisotopic (exact) mass is 277 g/mol.